The van der Waals surface area contributed by atoms with E-state index in [2.05, 4.69) is 5.32 Å². The molecule has 2 rings (SSSR count). The van der Waals surface area contributed by atoms with Gasteiger partial charge in [-0.1, -0.05) is 25.0 Å². The van der Waals surface area contributed by atoms with Crippen LogP contribution in [0.1, 0.15) is 36.8 Å². The van der Waals surface area contributed by atoms with Crippen molar-refractivity contribution in [3.05, 3.63) is 29.3 Å². The Hall–Kier alpha value is -1.26. The summed E-state index contributed by atoms with van der Waals surface area (Å²) in [4.78, 5) is 12.1. The standard InChI is InChI=1S/C17H26N2O2.ClH/c1-12-7-8-13(2)16(9-12)21-11-17(20)19-15-6-4-3-5-14(15)10-18;/h7-9,14-15H,3-6,10-11,18H2,1-2H3,(H,19,20);1H. The van der Waals surface area contributed by atoms with Crippen molar-refractivity contribution in [3.8, 4) is 5.75 Å². The van der Waals surface area contributed by atoms with E-state index >= 15 is 0 Å². The number of nitrogens with one attached hydrogen (secondary N) is 1. The highest BCUT2D eigenvalue weighted by Gasteiger charge is 2.25. The van der Waals surface area contributed by atoms with Crippen LogP contribution in [0.3, 0.4) is 0 Å². The predicted octanol–water partition coefficient (Wildman–Crippen LogP) is 2.74. The second-order valence-electron chi connectivity index (χ2n) is 6.01. The number of rotatable bonds is 5. The summed E-state index contributed by atoms with van der Waals surface area (Å²) in [7, 11) is 0. The molecule has 1 aromatic rings. The SMILES string of the molecule is Cc1ccc(C)c(OCC(=O)NC2CCCCC2CN)c1.Cl. The van der Waals surface area contributed by atoms with Gasteiger partial charge in [-0.05, 0) is 56.3 Å². The number of nitrogens with two attached hydrogens (primary N) is 1. The average Bonchev–Trinajstić information content (AvgIpc) is 2.49. The minimum atomic E-state index is -0.0544. The highest BCUT2D eigenvalue weighted by molar-refractivity contribution is 5.85. The number of carbonyl (C=O) groups excluding carboxylic acids is 1. The third-order valence-electron chi connectivity index (χ3n) is 4.26. The Bertz CT molecular complexity index is 494. The fraction of sp³-hybridized carbons (Fsp3) is 0.588. The molecule has 22 heavy (non-hydrogen) atoms. The van der Waals surface area contributed by atoms with E-state index in [9.17, 15) is 4.79 Å². The molecule has 1 aliphatic rings. The van der Waals surface area contributed by atoms with E-state index in [-0.39, 0.29) is 31.0 Å². The highest BCUT2D eigenvalue weighted by atomic mass is 35.5. The summed E-state index contributed by atoms with van der Waals surface area (Å²) in [6.45, 7) is 4.71. The lowest BCUT2D eigenvalue weighted by atomic mass is 9.84. The minimum Gasteiger partial charge on any atom is -0.483 e. The molecule has 1 saturated carbocycles. The van der Waals surface area contributed by atoms with Gasteiger partial charge in [0.2, 0.25) is 0 Å². The zero-order valence-electron chi connectivity index (χ0n) is 13.4. The van der Waals surface area contributed by atoms with Crippen LogP contribution in [0.5, 0.6) is 5.75 Å². The first-order valence-electron chi connectivity index (χ1n) is 7.79. The van der Waals surface area contributed by atoms with Gasteiger partial charge in [-0.25, -0.2) is 0 Å². The van der Waals surface area contributed by atoms with Gasteiger partial charge in [-0.3, -0.25) is 4.79 Å². The van der Waals surface area contributed by atoms with Crippen LogP contribution in [0.15, 0.2) is 18.2 Å². The van der Waals surface area contributed by atoms with E-state index in [1.165, 1.54) is 12.8 Å². The normalized spacial score (nSPS) is 20.9. The largest absolute Gasteiger partial charge is 0.483 e. The number of hydrogen-bond acceptors (Lipinski definition) is 3. The molecule has 0 aromatic heterocycles. The van der Waals surface area contributed by atoms with Crippen LogP contribution in [0.25, 0.3) is 0 Å². The van der Waals surface area contributed by atoms with Gasteiger partial charge in [0.1, 0.15) is 5.75 Å². The topological polar surface area (TPSA) is 64.3 Å². The quantitative estimate of drug-likeness (QED) is 0.874. The van der Waals surface area contributed by atoms with Crippen LogP contribution in [0, 0.1) is 19.8 Å². The lowest BCUT2D eigenvalue weighted by molar-refractivity contribution is -0.124. The molecule has 0 spiro atoms. The van der Waals surface area contributed by atoms with E-state index < -0.39 is 0 Å². The zero-order valence-corrected chi connectivity index (χ0v) is 14.2. The number of benzene rings is 1. The van der Waals surface area contributed by atoms with Crippen molar-refractivity contribution in [2.24, 2.45) is 11.7 Å². The number of aryl methyl sites for hydroxylation is 2. The molecule has 0 radical (unpaired) electrons. The molecular weight excluding hydrogens is 300 g/mol. The van der Waals surface area contributed by atoms with Gasteiger partial charge < -0.3 is 15.8 Å². The third-order valence-corrected chi connectivity index (χ3v) is 4.26. The summed E-state index contributed by atoms with van der Waals surface area (Å²) in [5.74, 6) is 1.13. The maximum absolute atomic E-state index is 12.1. The predicted molar refractivity (Wildman–Crippen MR) is 91.6 cm³/mol. The Morgan fingerprint density at radius 1 is 1.32 bits per heavy atom. The van der Waals surface area contributed by atoms with Gasteiger partial charge in [0.05, 0.1) is 0 Å². The van der Waals surface area contributed by atoms with Crippen molar-refractivity contribution in [1.29, 1.82) is 0 Å². The Kier molecular flexibility index (Phi) is 7.69. The lowest BCUT2D eigenvalue weighted by Crippen LogP contribution is -2.46. The average molecular weight is 327 g/mol. The number of carbonyl (C=O) groups is 1. The number of amides is 1. The van der Waals surface area contributed by atoms with Crippen molar-refractivity contribution in [1.82, 2.24) is 5.32 Å². The number of ether oxygens (including phenoxy) is 1. The molecular formula is C17H27ClN2O2. The van der Waals surface area contributed by atoms with Crippen molar-refractivity contribution < 1.29 is 9.53 Å². The van der Waals surface area contributed by atoms with Crippen LogP contribution in [0.4, 0.5) is 0 Å². The summed E-state index contributed by atoms with van der Waals surface area (Å²) >= 11 is 0. The summed E-state index contributed by atoms with van der Waals surface area (Å²) in [5, 5.41) is 3.08. The molecule has 1 aliphatic carbocycles. The molecule has 124 valence electrons. The molecule has 0 heterocycles. The van der Waals surface area contributed by atoms with Gasteiger partial charge >= 0.3 is 0 Å². The Morgan fingerprint density at radius 3 is 2.77 bits per heavy atom. The molecule has 2 atom stereocenters. The van der Waals surface area contributed by atoms with Gasteiger partial charge in [0.25, 0.3) is 5.91 Å². The van der Waals surface area contributed by atoms with Crippen molar-refractivity contribution in [2.75, 3.05) is 13.2 Å². The molecule has 1 aromatic carbocycles. The van der Waals surface area contributed by atoms with Crippen molar-refractivity contribution in [2.45, 2.75) is 45.6 Å². The summed E-state index contributed by atoms with van der Waals surface area (Å²) in [6.07, 6.45) is 4.52. The fourth-order valence-electron chi connectivity index (χ4n) is 2.93. The van der Waals surface area contributed by atoms with Gasteiger partial charge in [-0.15, -0.1) is 12.4 Å². The fourth-order valence-corrected chi connectivity index (χ4v) is 2.93. The summed E-state index contributed by atoms with van der Waals surface area (Å²) < 4.78 is 5.65. The third kappa shape index (κ3) is 5.18. The van der Waals surface area contributed by atoms with Crippen LogP contribution >= 0.6 is 12.4 Å². The first kappa shape index (κ1) is 18.8. The second-order valence-corrected chi connectivity index (χ2v) is 6.01. The van der Waals surface area contributed by atoms with Crippen LogP contribution < -0.4 is 15.8 Å². The van der Waals surface area contributed by atoms with Crippen molar-refractivity contribution in [3.63, 3.8) is 0 Å². The Morgan fingerprint density at radius 2 is 2.05 bits per heavy atom. The molecule has 2 unspecified atom stereocenters. The molecule has 1 amide bonds. The van der Waals surface area contributed by atoms with E-state index in [0.717, 1.165) is 29.7 Å². The second kappa shape index (κ2) is 9.01. The van der Waals surface area contributed by atoms with E-state index in [1.807, 2.05) is 32.0 Å². The van der Waals surface area contributed by atoms with E-state index in [4.69, 9.17) is 10.5 Å². The summed E-state index contributed by atoms with van der Waals surface area (Å²) in [5.41, 5.74) is 7.97. The van der Waals surface area contributed by atoms with E-state index in [0.29, 0.717) is 12.5 Å². The smallest absolute Gasteiger partial charge is 0.258 e. The monoisotopic (exact) mass is 326 g/mol. The molecule has 1 fully saturated rings. The minimum absolute atomic E-state index is 0. The van der Waals surface area contributed by atoms with Crippen LogP contribution in [-0.4, -0.2) is 25.1 Å². The molecule has 0 bridgehead atoms. The molecule has 5 heteroatoms. The molecule has 0 saturated heterocycles. The zero-order chi connectivity index (χ0) is 15.2. The van der Waals surface area contributed by atoms with Crippen molar-refractivity contribution >= 4 is 18.3 Å². The van der Waals surface area contributed by atoms with Crippen LogP contribution in [-0.2, 0) is 4.79 Å². The lowest BCUT2D eigenvalue weighted by Gasteiger charge is -2.31. The molecule has 3 N–H and O–H groups in total. The van der Waals surface area contributed by atoms with E-state index in [1.54, 1.807) is 0 Å². The van der Waals surface area contributed by atoms with Crippen LogP contribution in [0.2, 0.25) is 0 Å². The van der Waals surface area contributed by atoms with Gasteiger partial charge in [0.15, 0.2) is 6.61 Å². The van der Waals surface area contributed by atoms with Gasteiger partial charge in [0, 0.05) is 6.04 Å². The maximum atomic E-state index is 12.1. The maximum Gasteiger partial charge on any atom is 0.258 e. The highest BCUT2D eigenvalue weighted by Crippen LogP contribution is 2.23. The Balaban J connectivity index is 0.00000242. The first-order chi connectivity index (χ1) is 10.1. The molecule has 0 aliphatic heterocycles. The summed E-state index contributed by atoms with van der Waals surface area (Å²) in [6, 6.07) is 6.22. The van der Waals surface area contributed by atoms with Gasteiger partial charge in [-0.2, -0.15) is 0 Å². The number of halogens is 1. The first-order valence-corrected chi connectivity index (χ1v) is 7.79. The Labute approximate surface area is 139 Å². The number of hydrogen-bond donors (Lipinski definition) is 2. The molecule has 4 nitrogen and oxygen atoms in total.